The van der Waals surface area contributed by atoms with Gasteiger partial charge in [-0.25, -0.2) is 0 Å². The Morgan fingerprint density at radius 1 is 1.34 bits per heavy atom. The standard InChI is InChI=1S/C25H26F3N7O2Se/c1-33-9-7-24(10-17(24)13-33)31-21-6-2-5-20-22(38-25(26,27)28)19(32-35(20)21)4-3-8-29-23(36)16-11-30-34(12-16)18-14-37-15-18/h2,5-6,11-12,17-18,31H,7-10,13-15H2,1H3,(H,29,36). The van der Waals surface area contributed by atoms with Crippen LogP contribution in [-0.2, 0) is 4.74 Å². The second-order valence-electron chi connectivity index (χ2n) is 10.0. The van der Waals surface area contributed by atoms with Gasteiger partial charge in [0.2, 0.25) is 0 Å². The molecule has 0 radical (unpaired) electrons. The molecule has 1 amide bonds. The van der Waals surface area contributed by atoms with Crippen LogP contribution in [-0.4, -0.2) is 95.7 Å². The number of ether oxygens (including phenoxy) is 1. The Balaban J connectivity index is 1.21. The first-order valence-corrected chi connectivity index (χ1v) is 14.1. The summed E-state index contributed by atoms with van der Waals surface area (Å²) in [6.07, 6.45) is 5.12. The summed E-state index contributed by atoms with van der Waals surface area (Å²) in [5.74, 6) is 6.38. The quantitative estimate of drug-likeness (QED) is 0.331. The van der Waals surface area contributed by atoms with Crippen LogP contribution in [0.3, 0.4) is 0 Å². The predicted molar refractivity (Wildman–Crippen MR) is 135 cm³/mol. The van der Waals surface area contributed by atoms with E-state index in [1.807, 2.05) is 6.07 Å². The fourth-order valence-electron chi connectivity index (χ4n) is 5.08. The number of nitrogens with one attached hydrogen (secondary N) is 2. The molecule has 2 aliphatic heterocycles. The third-order valence-electron chi connectivity index (χ3n) is 7.31. The van der Waals surface area contributed by atoms with E-state index in [4.69, 9.17) is 4.74 Å². The Morgan fingerprint density at radius 2 is 2.18 bits per heavy atom. The molecule has 2 N–H and O–H groups in total. The number of carbonyl (C=O) groups excluding carboxylic acids is 1. The van der Waals surface area contributed by atoms with E-state index < -0.39 is 20.0 Å². The summed E-state index contributed by atoms with van der Waals surface area (Å²) >= 11 is -1.82. The van der Waals surface area contributed by atoms with Crippen molar-refractivity contribution in [3.8, 4) is 11.8 Å². The molecule has 3 fully saturated rings. The van der Waals surface area contributed by atoms with E-state index in [9.17, 15) is 18.0 Å². The topological polar surface area (TPSA) is 88.7 Å². The molecule has 0 spiro atoms. The third kappa shape index (κ3) is 5.01. The van der Waals surface area contributed by atoms with Crippen molar-refractivity contribution in [2.24, 2.45) is 5.92 Å². The molecular formula is C25H26F3N7O2Se. The maximum atomic E-state index is 13.5. The molecule has 6 rings (SSSR count). The van der Waals surface area contributed by atoms with Gasteiger partial charge in [-0.2, -0.15) is 0 Å². The first kappa shape index (κ1) is 25.2. The summed E-state index contributed by atoms with van der Waals surface area (Å²) in [6.45, 7) is 3.06. The van der Waals surface area contributed by atoms with E-state index >= 15 is 0 Å². The Hall–Kier alpha value is -3.04. The molecule has 9 nitrogen and oxygen atoms in total. The van der Waals surface area contributed by atoms with E-state index in [1.165, 1.54) is 6.20 Å². The summed E-state index contributed by atoms with van der Waals surface area (Å²) < 4.78 is 49.0. The average molecular weight is 592 g/mol. The fraction of sp³-hybridized carbons (Fsp3) is 0.480. The van der Waals surface area contributed by atoms with Crippen LogP contribution >= 0.6 is 0 Å². The zero-order valence-corrected chi connectivity index (χ0v) is 22.3. The van der Waals surface area contributed by atoms with Crippen molar-refractivity contribution in [1.82, 2.24) is 29.6 Å². The molecular weight excluding hydrogens is 566 g/mol. The zero-order chi connectivity index (χ0) is 26.5. The van der Waals surface area contributed by atoms with Crippen LogP contribution in [0.4, 0.5) is 19.0 Å². The van der Waals surface area contributed by atoms with Crippen molar-refractivity contribution in [3.05, 3.63) is 41.9 Å². The van der Waals surface area contributed by atoms with E-state index in [2.05, 4.69) is 44.6 Å². The number of halogens is 3. The molecule has 2 atom stereocenters. The summed E-state index contributed by atoms with van der Waals surface area (Å²) in [5.41, 5.74) is 0.832. The van der Waals surface area contributed by atoms with Gasteiger partial charge in [0.1, 0.15) is 0 Å². The van der Waals surface area contributed by atoms with Crippen molar-refractivity contribution in [2.75, 3.05) is 45.2 Å². The molecule has 1 saturated carbocycles. The van der Waals surface area contributed by atoms with Crippen LogP contribution in [0.1, 0.15) is 34.9 Å². The number of amides is 1. The van der Waals surface area contributed by atoms with E-state index in [1.54, 1.807) is 27.5 Å². The van der Waals surface area contributed by atoms with Crippen molar-refractivity contribution in [3.63, 3.8) is 0 Å². The van der Waals surface area contributed by atoms with Gasteiger partial charge in [0, 0.05) is 0 Å². The maximum absolute atomic E-state index is 13.5. The first-order valence-electron chi connectivity index (χ1n) is 12.3. The van der Waals surface area contributed by atoms with Crippen molar-refractivity contribution in [2.45, 2.75) is 29.5 Å². The molecule has 2 saturated heterocycles. The van der Waals surface area contributed by atoms with Gasteiger partial charge >= 0.3 is 219 Å². The van der Waals surface area contributed by atoms with Crippen molar-refractivity contribution >= 4 is 36.7 Å². The number of alkyl halides is 3. The fourth-order valence-corrected chi connectivity index (χ4v) is 6.51. The minimum atomic E-state index is -4.36. The summed E-state index contributed by atoms with van der Waals surface area (Å²) in [7, 11) is 2.10. The molecule has 200 valence electrons. The normalized spacial score (nSPS) is 23.3. The number of pyridine rings is 1. The van der Waals surface area contributed by atoms with Gasteiger partial charge in [-0.3, -0.25) is 0 Å². The Bertz CT molecular complexity index is 1440. The molecule has 1 aliphatic carbocycles. The Labute approximate surface area is 223 Å². The SMILES string of the molecule is CN1CCC2(Nc3cccc4c([Se]C(F)(F)F)c(C#CCNC(=O)c5cnn(C6COC6)c5)nn34)CC2C1. The van der Waals surface area contributed by atoms with Gasteiger partial charge in [0.25, 0.3) is 0 Å². The second kappa shape index (κ2) is 9.61. The molecule has 3 aromatic rings. The van der Waals surface area contributed by atoms with Crippen molar-refractivity contribution in [1.29, 1.82) is 0 Å². The molecule has 3 aromatic heterocycles. The number of hydrogen-bond acceptors (Lipinski definition) is 6. The molecule has 13 heteroatoms. The van der Waals surface area contributed by atoms with Crippen LogP contribution in [0.2, 0.25) is 0 Å². The Kier molecular flexibility index (Phi) is 6.39. The van der Waals surface area contributed by atoms with Crippen LogP contribution in [0.5, 0.6) is 0 Å². The minimum absolute atomic E-state index is 0.0301. The number of nitrogens with zero attached hydrogens (tertiary/aromatic N) is 5. The van der Waals surface area contributed by atoms with Gasteiger partial charge in [0.05, 0.1) is 0 Å². The van der Waals surface area contributed by atoms with Gasteiger partial charge in [-0.05, 0) is 0 Å². The molecule has 0 aromatic carbocycles. The third-order valence-corrected chi connectivity index (χ3v) is 9.07. The molecule has 2 unspecified atom stereocenters. The summed E-state index contributed by atoms with van der Waals surface area (Å²) in [5, 5.41) is 10.6. The number of carbonyl (C=O) groups is 1. The average Bonchev–Trinajstić information content (AvgIpc) is 3.14. The first-order chi connectivity index (χ1) is 18.2. The monoisotopic (exact) mass is 593 g/mol. The summed E-state index contributed by atoms with van der Waals surface area (Å²) in [4.78, 5) is 14.7. The second-order valence-corrected chi connectivity index (χ2v) is 12.3. The zero-order valence-electron chi connectivity index (χ0n) is 20.6. The van der Waals surface area contributed by atoms with Gasteiger partial charge in [-0.15, -0.1) is 0 Å². The number of aromatic nitrogens is 4. The van der Waals surface area contributed by atoms with Gasteiger partial charge in [-0.1, -0.05) is 0 Å². The Morgan fingerprint density at radius 3 is 2.92 bits per heavy atom. The van der Waals surface area contributed by atoms with Crippen LogP contribution < -0.4 is 15.1 Å². The molecule has 0 bridgehead atoms. The van der Waals surface area contributed by atoms with E-state index in [0.29, 0.717) is 36.0 Å². The van der Waals surface area contributed by atoms with Gasteiger partial charge < -0.3 is 4.74 Å². The number of rotatable bonds is 6. The van der Waals surface area contributed by atoms with E-state index in [-0.39, 0.29) is 34.2 Å². The number of piperidine rings is 1. The number of hydrogen-bond donors (Lipinski definition) is 2. The predicted octanol–water partition coefficient (Wildman–Crippen LogP) is 1.24. The molecule has 5 heterocycles. The summed E-state index contributed by atoms with van der Waals surface area (Å²) in [6, 6.07) is 5.38. The van der Waals surface area contributed by atoms with E-state index in [0.717, 1.165) is 25.9 Å². The number of fused-ring (bicyclic) bond motifs is 2. The van der Waals surface area contributed by atoms with Crippen LogP contribution in [0, 0.1) is 17.8 Å². The molecule has 3 aliphatic rings. The van der Waals surface area contributed by atoms with Crippen LogP contribution in [0.25, 0.3) is 5.52 Å². The number of anilines is 1. The molecule has 38 heavy (non-hydrogen) atoms. The number of likely N-dealkylation sites (tertiary alicyclic amines) is 1. The van der Waals surface area contributed by atoms with Crippen molar-refractivity contribution < 1.29 is 22.7 Å². The van der Waals surface area contributed by atoms with Crippen LogP contribution in [0.15, 0.2) is 30.6 Å². The van der Waals surface area contributed by atoms with Gasteiger partial charge in [0.15, 0.2) is 0 Å².